The highest BCUT2D eigenvalue weighted by Crippen LogP contribution is 2.36. The van der Waals surface area contributed by atoms with Gasteiger partial charge < -0.3 is 14.6 Å². The minimum Gasteiger partial charge on any atom is -0.491 e. The van der Waals surface area contributed by atoms with Gasteiger partial charge in [0.1, 0.15) is 18.5 Å². The lowest BCUT2D eigenvalue weighted by molar-refractivity contribution is 0.00465. The molecular weight excluding hydrogens is 314 g/mol. The standard InChI is InChI=1S/C21H35NO3/c1-20(2,3)16-21(4,5)17-6-8-19(9-7-17)25-15-18(23)14-22-10-12-24-13-11-22/h6-9,18,23H,10-16H2,1-5H3. The predicted molar refractivity (Wildman–Crippen MR) is 102 cm³/mol. The summed E-state index contributed by atoms with van der Waals surface area (Å²) in [6.45, 7) is 15.6. The number of benzene rings is 1. The van der Waals surface area contributed by atoms with Gasteiger partial charge in [-0.3, -0.25) is 4.90 Å². The number of nitrogens with zero attached hydrogens (tertiary/aromatic N) is 1. The van der Waals surface area contributed by atoms with Gasteiger partial charge >= 0.3 is 0 Å². The van der Waals surface area contributed by atoms with Gasteiger partial charge in [-0.15, -0.1) is 0 Å². The van der Waals surface area contributed by atoms with Gasteiger partial charge in [0.25, 0.3) is 0 Å². The van der Waals surface area contributed by atoms with E-state index >= 15 is 0 Å². The van der Waals surface area contributed by atoms with E-state index in [1.165, 1.54) is 5.56 Å². The molecule has 0 aliphatic carbocycles. The molecule has 0 saturated carbocycles. The van der Waals surface area contributed by atoms with Crippen LogP contribution in [-0.2, 0) is 10.2 Å². The monoisotopic (exact) mass is 349 g/mol. The first-order chi connectivity index (χ1) is 11.7. The molecule has 0 spiro atoms. The Hall–Kier alpha value is -1.10. The van der Waals surface area contributed by atoms with E-state index in [0.29, 0.717) is 18.6 Å². The Morgan fingerprint density at radius 3 is 2.24 bits per heavy atom. The van der Waals surface area contributed by atoms with E-state index in [0.717, 1.165) is 38.5 Å². The Kier molecular flexibility index (Phi) is 6.89. The molecule has 25 heavy (non-hydrogen) atoms. The second kappa shape index (κ2) is 8.52. The van der Waals surface area contributed by atoms with E-state index in [1.807, 2.05) is 12.1 Å². The normalized spacial score (nSPS) is 18.2. The summed E-state index contributed by atoms with van der Waals surface area (Å²) in [4.78, 5) is 2.22. The average Bonchev–Trinajstić information content (AvgIpc) is 2.52. The fraction of sp³-hybridized carbons (Fsp3) is 0.714. The van der Waals surface area contributed by atoms with Gasteiger partial charge in [-0.05, 0) is 34.9 Å². The van der Waals surface area contributed by atoms with Gasteiger partial charge in [0.2, 0.25) is 0 Å². The smallest absolute Gasteiger partial charge is 0.119 e. The first-order valence-electron chi connectivity index (χ1n) is 9.37. The summed E-state index contributed by atoms with van der Waals surface area (Å²) in [5, 5.41) is 10.2. The van der Waals surface area contributed by atoms with Crippen LogP contribution < -0.4 is 4.74 Å². The highest BCUT2D eigenvalue weighted by molar-refractivity contribution is 5.31. The molecule has 1 N–H and O–H groups in total. The minimum atomic E-state index is -0.477. The average molecular weight is 350 g/mol. The quantitative estimate of drug-likeness (QED) is 0.818. The Bertz CT molecular complexity index is 513. The van der Waals surface area contributed by atoms with Crippen LogP contribution >= 0.6 is 0 Å². The molecule has 1 unspecified atom stereocenters. The zero-order chi connectivity index (χ0) is 18.5. The van der Waals surface area contributed by atoms with Crippen LogP contribution in [0.4, 0.5) is 0 Å². The fourth-order valence-electron chi connectivity index (χ4n) is 3.76. The van der Waals surface area contributed by atoms with Crippen molar-refractivity contribution in [3.05, 3.63) is 29.8 Å². The Labute approximate surface area is 153 Å². The number of β-amino-alcohol motifs (C(OH)–C–C–N with tert-alkyl or cyclic N) is 1. The molecule has 1 fully saturated rings. The summed E-state index contributed by atoms with van der Waals surface area (Å²) >= 11 is 0. The number of hydrogen-bond acceptors (Lipinski definition) is 4. The van der Waals surface area contributed by atoms with E-state index in [4.69, 9.17) is 9.47 Å². The molecule has 0 radical (unpaired) electrons. The zero-order valence-corrected chi connectivity index (χ0v) is 16.5. The van der Waals surface area contributed by atoms with Crippen LogP contribution in [0.2, 0.25) is 0 Å². The van der Waals surface area contributed by atoms with Crippen LogP contribution in [0.1, 0.15) is 46.6 Å². The van der Waals surface area contributed by atoms with Crippen molar-refractivity contribution in [2.24, 2.45) is 5.41 Å². The molecule has 1 aliphatic heterocycles. The summed E-state index contributed by atoms with van der Waals surface area (Å²) in [5.74, 6) is 0.816. The highest BCUT2D eigenvalue weighted by Gasteiger charge is 2.27. The third-order valence-electron chi connectivity index (χ3n) is 4.62. The molecule has 0 bridgehead atoms. The van der Waals surface area contributed by atoms with E-state index in [1.54, 1.807) is 0 Å². The van der Waals surface area contributed by atoms with Crippen molar-refractivity contribution in [2.75, 3.05) is 39.5 Å². The maximum atomic E-state index is 10.2. The molecule has 1 heterocycles. The van der Waals surface area contributed by atoms with Crippen LogP contribution in [0.3, 0.4) is 0 Å². The van der Waals surface area contributed by atoms with Crippen LogP contribution in [-0.4, -0.2) is 55.6 Å². The van der Waals surface area contributed by atoms with Crippen LogP contribution in [0, 0.1) is 5.41 Å². The SMILES string of the molecule is CC(C)(C)CC(C)(C)c1ccc(OCC(O)CN2CCOCC2)cc1. The largest absolute Gasteiger partial charge is 0.491 e. The number of rotatable bonds is 7. The molecule has 1 aromatic rings. The molecule has 1 saturated heterocycles. The van der Waals surface area contributed by atoms with Gasteiger partial charge in [0.05, 0.1) is 13.2 Å². The number of aliphatic hydroxyl groups is 1. The number of aliphatic hydroxyl groups excluding tert-OH is 1. The molecule has 1 aromatic carbocycles. The summed E-state index contributed by atoms with van der Waals surface area (Å²) in [6, 6.07) is 8.33. The first-order valence-corrected chi connectivity index (χ1v) is 9.37. The third-order valence-corrected chi connectivity index (χ3v) is 4.62. The Morgan fingerprint density at radius 2 is 1.68 bits per heavy atom. The lowest BCUT2D eigenvalue weighted by Crippen LogP contribution is -2.42. The molecule has 4 heteroatoms. The molecule has 1 atom stereocenters. The van der Waals surface area contributed by atoms with E-state index in [9.17, 15) is 5.11 Å². The van der Waals surface area contributed by atoms with E-state index < -0.39 is 6.10 Å². The molecule has 1 aliphatic rings. The number of morpholine rings is 1. The van der Waals surface area contributed by atoms with Crippen molar-refractivity contribution in [2.45, 2.75) is 52.6 Å². The Morgan fingerprint density at radius 1 is 1.08 bits per heavy atom. The second-order valence-corrected chi connectivity index (χ2v) is 9.02. The summed E-state index contributed by atoms with van der Waals surface area (Å²) in [5.41, 5.74) is 1.75. The molecule has 0 amide bonds. The minimum absolute atomic E-state index is 0.132. The van der Waals surface area contributed by atoms with Gasteiger partial charge in [0.15, 0.2) is 0 Å². The molecule has 4 nitrogen and oxygen atoms in total. The predicted octanol–water partition coefficient (Wildman–Crippen LogP) is 3.47. The van der Waals surface area contributed by atoms with Crippen LogP contribution in [0.25, 0.3) is 0 Å². The number of ether oxygens (including phenoxy) is 2. The first kappa shape index (κ1) is 20.2. The second-order valence-electron chi connectivity index (χ2n) is 9.02. The summed E-state index contributed by atoms with van der Waals surface area (Å²) < 4.78 is 11.1. The van der Waals surface area contributed by atoms with Gasteiger partial charge in [-0.2, -0.15) is 0 Å². The van der Waals surface area contributed by atoms with Crippen molar-refractivity contribution in [1.29, 1.82) is 0 Å². The lowest BCUT2D eigenvalue weighted by atomic mass is 9.72. The van der Waals surface area contributed by atoms with Crippen molar-refractivity contribution in [3.8, 4) is 5.75 Å². The van der Waals surface area contributed by atoms with Crippen molar-refractivity contribution >= 4 is 0 Å². The van der Waals surface area contributed by atoms with Crippen molar-refractivity contribution in [1.82, 2.24) is 4.90 Å². The van der Waals surface area contributed by atoms with Gasteiger partial charge in [0, 0.05) is 19.6 Å². The van der Waals surface area contributed by atoms with Crippen molar-refractivity contribution in [3.63, 3.8) is 0 Å². The van der Waals surface area contributed by atoms with E-state index in [-0.39, 0.29) is 5.41 Å². The van der Waals surface area contributed by atoms with Crippen LogP contribution in [0.15, 0.2) is 24.3 Å². The van der Waals surface area contributed by atoms with Gasteiger partial charge in [-0.25, -0.2) is 0 Å². The van der Waals surface area contributed by atoms with Crippen molar-refractivity contribution < 1.29 is 14.6 Å². The molecule has 142 valence electrons. The summed E-state index contributed by atoms with van der Waals surface area (Å²) in [6.07, 6.45) is 0.647. The van der Waals surface area contributed by atoms with Gasteiger partial charge in [-0.1, -0.05) is 46.8 Å². The maximum absolute atomic E-state index is 10.2. The molecule has 2 rings (SSSR count). The number of hydrogen-bond donors (Lipinski definition) is 1. The third kappa shape index (κ3) is 6.96. The molecule has 0 aromatic heterocycles. The summed E-state index contributed by atoms with van der Waals surface area (Å²) in [7, 11) is 0. The highest BCUT2D eigenvalue weighted by atomic mass is 16.5. The lowest BCUT2D eigenvalue weighted by Gasteiger charge is -2.33. The van der Waals surface area contributed by atoms with Crippen LogP contribution in [0.5, 0.6) is 5.75 Å². The zero-order valence-electron chi connectivity index (χ0n) is 16.5. The van der Waals surface area contributed by atoms with E-state index in [2.05, 4.69) is 51.7 Å². The fourth-order valence-corrected chi connectivity index (χ4v) is 3.76. The Balaban J connectivity index is 1.83. The maximum Gasteiger partial charge on any atom is 0.119 e. The molecular formula is C21H35NO3. The topological polar surface area (TPSA) is 41.9 Å².